The van der Waals surface area contributed by atoms with Crippen LogP contribution in [0.1, 0.15) is 11.5 Å². The minimum atomic E-state index is -4.54. The maximum Gasteiger partial charge on any atom is 0.449 e. The van der Waals surface area contributed by atoms with Crippen LogP contribution in [-0.4, -0.2) is 11.1 Å². The summed E-state index contributed by atoms with van der Waals surface area (Å²) in [5, 5.41) is 4.02. The number of nitrogens with one attached hydrogen (secondary N) is 2. The molecule has 4 N–H and O–H groups in total. The predicted molar refractivity (Wildman–Crippen MR) is 55.9 cm³/mol. The molecular weight excluding hydrogens is 259 g/mol. The molecule has 0 aliphatic heterocycles. The Labute approximate surface area is 99.1 Å². The first kappa shape index (κ1) is 13.3. The second kappa shape index (κ2) is 5.04. The standard InChI is InChI=1S/C8H8F3N3O2S/c9-8(10,11)5-2-1-4(16-5)3-13-7(15)14-6(12)17/h1-2H,3H2,(H4,12,13,14,15,17). The summed E-state index contributed by atoms with van der Waals surface area (Å²) in [6, 6.07) is 1.18. The fraction of sp³-hybridized carbons (Fsp3) is 0.250. The SMILES string of the molecule is NC(=S)NC(=O)NCc1ccc(C(F)(F)F)o1. The van der Waals surface area contributed by atoms with Gasteiger partial charge in [0.2, 0.25) is 5.76 Å². The molecule has 17 heavy (non-hydrogen) atoms. The summed E-state index contributed by atoms with van der Waals surface area (Å²) in [6.07, 6.45) is -4.54. The van der Waals surface area contributed by atoms with E-state index in [0.29, 0.717) is 0 Å². The fourth-order valence-corrected chi connectivity index (χ4v) is 1.04. The molecule has 2 amide bonds. The number of urea groups is 1. The molecule has 0 spiro atoms. The van der Waals surface area contributed by atoms with Crippen LogP contribution in [0.5, 0.6) is 0 Å². The maximum absolute atomic E-state index is 12.1. The number of nitrogens with two attached hydrogens (primary N) is 1. The van der Waals surface area contributed by atoms with E-state index in [9.17, 15) is 18.0 Å². The van der Waals surface area contributed by atoms with Crippen LogP contribution in [-0.2, 0) is 12.7 Å². The molecule has 0 fully saturated rings. The molecule has 1 heterocycles. The molecule has 0 saturated carbocycles. The third kappa shape index (κ3) is 4.31. The number of halogens is 3. The summed E-state index contributed by atoms with van der Waals surface area (Å²) in [4.78, 5) is 11.0. The molecule has 1 aromatic heterocycles. The topological polar surface area (TPSA) is 80.3 Å². The normalized spacial score (nSPS) is 11.0. The first-order valence-corrected chi connectivity index (χ1v) is 4.70. The summed E-state index contributed by atoms with van der Waals surface area (Å²) in [5.74, 6) is -1.15. The molecule has 0 radical (unpaired) electrons. The molecule has 5 nitrogen and oxygen atoms in total. The van der Waals surface area contributed by atoms with E-state index >= 15 is 0 Å². The largest absolute Gasteiger partial charge is 0.455 e. The number of carbonyl (C=O) groups is 1. The van der Waals surface area contributed by atoms with Crippen LogP contribution in [0.25, 0.3) is 0 Å². The number of hydrogen-bond donors (Lipinski definition) is 3. The molecule has 0 saturated heterocycles. The second-order valence-electron chi connectivity index (χ2n) is 2.94. The van der Waals surface area contributed by atoms with Gasteiger partial charge < -0.3 is 15.5 Å². The van der Waals surface area contributed by atoms with Gasteiger partial charge in [0.25, 0.3) is 0 Å². The van der Waals surface area contributed by atoms with Crippen LogP contribution in [0.2, 0.25) is 0 Å². The molecule has 1 rings (SSSR count). The van der Waals surface area contributed by atoms with Crippen molar-refractivity contribution in [2.45, 2.75) is 12.7 Å². The van der Waals surface area contributed by atoms with Crippen molar-refractivity contribution in [2.24, 2.45) is 5.73 Å². The van der Waals surface area contributed by atoms with Gasteiger partial charge in [-0.05, 0) is 24.4 Å². The lowest BCUT2D eigenvalue weighted by molar-refractivity contribution is -0.153. The second-order valence-corrected chi connectivity index (χ2v) is 3.38. The van der Waals surface area contributed by atoms with Crippen LogP contribution < -0.4 is 16.4 Å². The third-order valence-corrected chi connectivity index (χ3v) is 1.70. The number of alkyl halides is 3. The fourth-order valence-electron chi connectivity index (χ4n) is 0.949. The summed E-state index contributed by atoms with van der Waals surface area (Å²) >= 11 is 4.39. The van der Waals surface area contributed by atoms with E-state index in [-0.39, 0.29) is 17.4 Å². The van der Waals surface area contributed by atoms with Gasteiger partial charge in [-0.25, -0.2) is 4.79 Å². The number of amides is 2. The van der Waals surface area contributed by atoms with Gasteiger partial charge in [0.1, 0.15) is 5.76 Å². The van der Waals surface area contributed by atoms with Crippen molar-refractivity contribution < 1.29 is 22.4 Å². The van der Waals surface area contributed by atoms with Gasteiger partial charge in [0.15, 0.2) is 5.11 Å². The van der Waals surface area contributed by atoms with Crippen molar-refractivity contribution in [2.75, 3.05) is 0 Å². The number of thiocarbonyl (C=S) groups is 1. The van der Waals surface area contributed by atoms with Gasteiger partial charge in [-0.15, -0.1) is 0 Å². The zero-order valence-corrected chi connectivity index (χ0v) is 9.11. The van der Waals surface area contributed by atoms with Crippen molar-refractivity contribution in [3.05, 3.63) is 23.7 Å². The van der Waals surface area contributed by atoms with E-state index in [4.69, 9.17) is 5.73 Å². The lowest BCUT2D eigenvalue weighted by atomic mass is 10.4. The maximum atomic E-state index is 12.1. The Balaban J connectivity index is 2.51. The monoisotopic (exact) mass is 267 g/mol. The van der Waals surface area contributed by atoms with Crippen LogP contribution in [0.3, 0.4) is 0 Å². The van der Waals surface area contributed by atoms with E-state index in [0.717, 1.165) is 12.1 Å². The van der Waals surface area contributed by atoms with Gasteiger partial charge in [-0.2, -0.15) is 13.2 Å². The summed E-state index contributed by atoms with van der Waals surface area (Å²) in [6.45, 7) is -0.204. The lowest BCUT2D eigenvalue weighted by Gasteiger charge is -2.04. The third-order valence-electron chi connectivity index (χ3n) is 1.60. The van der Waals surface area contributed by atoms with E-state index < -0.39 is 18.0 Å². The number of hydrogen-bond acceptors (Lipinski definition) is 3. The van der Waals surface area contributed by atoms with E-state index in [1.165, 1.54) is 0 Å². The van der Waals surface area contributed by atoms with Crippen LogP contribution in [0, 0.1) is 0 Å². The van der Waals surface area contributed by atoms with Crippen molar-refractivity contribution in [1.29, 1.82) is 0 Å². The smallest absolute Gasteiger partial charge is 0.449 e. The Morgan fingerprint density at radius 3 is 2.59 bits per heavy atom. The minimum absolute atomic E-state index is 0.0320. The molecule has 1 aromatic rings. The molecule has 9 heteroatoms. The van der Waals surface area contributed by atoms with Gasteiger partial charge in [0, 0.05) is 0 Å². The van der Waals surface area contributed by atoms with E-state index in [1.807, 2.05) is 5.32 Å². The average Bonchev–Trinajstić information content (AvgIpc) is 2.61. The highest BCUT2D eigenvalue weighted by Crippen LogP contribution is 2.30. The molecular formula is C8H8F3N3O2S. The Kier molecular flexibility index (Phi) is 3.94. The highest BCUT2D eigenvalue weighted by Gasteiger charge is 2.34. The summed E-state index contributed by atoms with van der Waals surface area (Å²) in [5.41, 5.74) is 5.01. The van der Waals surface area contributed by atoms with Crippen molar-refractivity contribution in [3.63, 3.8) is 0 Å². The lowest BCUT2D eigenvalue weighted by Crippen LogP contribution is -2.41. The number of carbonyl (C=O) groups excluding carboxylic acids is 1. The van der Waals surface area contributed by atoms with Crippen molar-refractivity contribution >= 4 is 23.4 Å². The molecule has 94 valence electrons. The Morgan fingerprint density at radius 1 is 1.47 bits per heavy atom. The molecule has 0 aliphatic rings. The van der Waals surface area contributed by atoms with Crippen LogP contribution in [0.4, 0.5) is 18.0 Å². The summed E-state index contributed by atoms with van der Waals surface area (Å²) in [7, 11) is 0. The molecule has 0 unspecified atom stereocenters. The van der Waals surface area contributed by atoms with Crippen LogP contribution in [0.15, 0.2) is 16.5 Å². The zero-order valence-electron chi connectivity index (χ0n) is 8.30. The molecule has 0 bridgehead atoms. The Hall–Kier alpha value is -1.77. The van der Waals surface area contributed by atoms with Crippen molar-refractivity contribution in [1.82, 2.24) is 10.6 Å². The van der Waals surface area contributed by atoms with Gasteiger partial charge in [-0.1, -0.05) is 0 Å². The molecule has 0 aliphatic carbocycles. The van der Waals surface area contributed by atoms with Crippen molar-refractivity contribution in [3.8, 4) is 0 Å². The highest BCUT2D eigenvalue weighted by atomic mass is 32.1. The Bertz CT molecular complexity index is 430. The first-order valence-electron chi connectivity index (χ1n) is 4.29. The average molecular weight is 267 g/mol. The van der Waals surface area contributed by atoms with E-state index in [1.54, 1.807) is 0 Å². The zero-order chi connectivity index (χ0) is 13.1. The minimum Gasteiger partial charge on any atom is -0.455 e. The molecule has 0 atom stereocenters. The van der Waals surface area contributed by atoms with Crippen LogP contribution >= 0.6 is 12.2 Å². The number of furan rings is 1. The van der Waals surface area contributed by atoms with E-state index in [2.05, 4.69) is 22.0 Å². The van der Waals surface area contributed by atoms with Gasteiger partial charge >= 0.3 is 12.2 Å². The highest BCUT2D eigenvalue weighted by molar-refractivity contribution is 7.80. The molecule has 0 aromatic carbocycles. The number of rotatable bonds is 2. The quantitative estimate of drug-likeness (QED) is 0.706. The predicted octanol–water partition coefficient (Wildman–Crippen LogP) is 1.34. The Morgan fingerprint density at radius 2 is 2.12 bits per heavy atom. The van der Waals surface area contributed by atoms with Gasteiger partial charge in [-0.3, -0.25) is 5.32 Å². The first-order chi connectivity index (χ1) is 7.79. The summed E-state index contributed by atoms with van der Waals surface area (Å²) < 4.78 is 40.9. The van der Waals surface area contributed by atoms with Gasteiger partial charge in [0.05, 0.1) is 6.54 Å².